The number of aliphatic hydroxyl groups is 1. The van der Waals surface area contributed by atoms with Gasteiger partial charge in [0.1, 0.15) is 28.5 Å². The molecule has 1 aliphatic rings. The minimum absolute atomic E-state index is 0.00919. The summed E-state index contributed by atoms with van der Waals surface area (Å²) in [5, 5.41) is 22.7. The zero-order valence-corrected chi connectivity index (χ0v) is 25.3. The number of hydrogen-bond donors (Lipinski definition) is 1. The fraction of sp³-hybridized carbons (Fsp3) is 0.464. The number of ether oxygens (including phenoxy) is 3. The van der Waals surface area contributed by atoms with E-state index in [4.69, 9.17) is 25.8 Å². The van der Waals surface area contributed by atoms with E-state index < -0.39 is 52.4 Å². The normalized spacial score (nSPS) is 17.3. The number of pyridine rings is 2. The highest BCUT2D eigenvalue weighted by Crippen LogP contribution is 2.42. The van der Waals surface area contributed by atoms with Crippen LogP contribution >= 0.6 is 11.6 Å². The Labute approximate surface area is 251 Å². The van der Waals surface area contributed by atoms with Gasteiger partial charge in [-0.2, -0.15) is 0 Å². The van der Waals surface area contributed by atoms with Crippen LogP contribution in [0.3, 0.4) is 0 Å². The average molecular weight is 622 g/mol. The number of hydrogen-bond acceptors (Lipinski definition) is 10. The Hall–Kier alpha value is -4.01. The first-order valence-electron chi connectivity index (χ1n) is 13.4. The number of anilines is 1. The van der Waals surface area contributed by atoms with Gasteiger partial charge in [-0.1, -0.05) is 17.7 Å². The van der Waals surface area contributed by atoms with Crippen molar-refractivity contribution in [2.75, 3.05) is 38.5 Å². The molecule has 1 amide bonds. The zero-order chi connectivity index (χ0) is 31.8. The molecule has 0 unspecified atom stereocenters. The molecule has 0 radical (unpaired) electrons. The number of benzene rings is 1. The fourth-order valence-corrected chi connectivity index (χ4v) is 5.29. The van der Waals surface area contributed by atoms with Gasteiger partial charge in [-0.15, -0.1) is 0 Å². The van der Waals surface area contributed by atoms with Gasteiger partial charge in [-0.05, 0) is 45.9 Å². The van der Waals surface area contributed by atoms with Crippen molar-refractivity contribution in [1.29, 1.82) is 0 Å². The van der Waals surface area contributed by atoms with E-state index >= 15 is 4.39 Å². The highest BCUT2D eigenvalue weighted by atomic mass is 35.5. The number of aromatic nitrogens is 2. The van der Waals surface area contributed by atoms with Crippen LogP contribution in [0.15, 0.2) is 29.1 Å². The van der Waals surface area contributed by atoms with Gasteiger partial charge in [0.25, 0.3) is 0 Å². The van der Waals surface area contributed by atoms with Gasteiger partial charge in [0.15, 0.2) is 6.79 Å². The maximum atomic E-state index is 15.2. The number of fused-ring (bicyclic) bond motifs is 1. The van der Waals surface area contributed by atoms with Gasteiger partial charge in [0.05, 0.1) is 33.9 Å². The van der Waals surface area contributed by atoms with Crippen LogP contribution in [-0.4, -0.2) is 81.9 Å². The van der Waals surface area contributed by atoms with Gasteiger partial charge in [-0.3, -0.25) is 19.5 Å². The molecular weight excluding hydrogens is 589 g/mol. The quantitative estimate of drug-likeness (QED) is 0.232. The average Bonchev–Trinajstić information content (AvgIpc) is 2.92. The van der Waals surface area contributed by atoms with Crippen molar-refractivity contribution in [3.63, 3.8) is 0 Å². The Bertz CT molecular complexity index is 1630. The SMILES string of the molecule is COCOc1cccc(F)c1-c1nc2c(cc1Cl)c(N1C[C@@H](C)N(C(=O)OC(C)(C)C)C[C@@H]1CO)c([N+](=O)[O-])c(=O)n2C. The van der Waals surface area contributed by atoms with Crippen molar-refractivity contribution in [1.82, 2.24) is 14.5 Å². The van der Waals surface area contributed by atoms with Crippen LogP contribution in [-0.2, 0) is 16.5 Å². The second kappa shape index (κ2) is 12.3. The van der Waals surface area contributed by atoms with Crippen LogP contribution < -0.4 is 15.2 Å². The lowest BCUT2D eigenvalue weighted by Gasteiger charge is -2.45. The summed E-state index contributed by atoms with van der Waals surface area (Å²) in [5.41, 5.74) is -2.80. The second-order valence-electron chi connectivity index (χ2n) is 11.1. The number of piperazine rings is 1. The topological polar surface area (TPSA) is 150 Å². The third-order valence-electron chi connectivity index (χ3n) is 6.95. The van der Waals surface area contributed by atoms with Gasteiger partial charge in [0, 0.05) is 38.7 Å². The lowest BCUT2D eigenvalue weighted by atomic mass is 10.0. The maximum absolute atomic E-state index is 15.2. The number of nitrogens with zero attached hydrogens (tertiary/aromatic N) is 5. The zero-order valence-electron chi connectivity index (χ0n) is 24.6. The summed E-state index contributed by atoms with van der Waals surface area (Å²) in [7, 11) is 2.71. The third kappa shape index (κ3) is 6.21. The van der Waals surface area contributed by atoms with Crippen LogP contribution in [0.2, 0.25) is 5.02 Å². The number of amides is 1. The molecule has 2 aromatic heterocycles. The molecule has 43 heavy (non-hydrogen) atoms. The predicted molar refractivity (Wildman–Crippen MR) is 157 cm³/mol. The Morgan fingerprint density at radius 3 is 2.60 bits per heavy atom. The summed E-state index contributed by atoms with van der Waals surface area (Å²) in [6.45, 7) is 6.17. The van der Waals surface area contributed by atoms with Gasteiger partial charge in [0.2, 0.25) is 0 Å². The summed E-state index contributed by atoms with van der Waals surface area (Å²) < 4.78 is 32.1. The van der Waals surface area contributed by atoms with E-state index in [1.807, 2.05) is 0 Å². The Kier molecular flexibility index (Phi) is 9.13. The molecule has 1 saturated heterocycles. The Morgan fingerprint density at radius 1 is 1.30 bits per heavy atom. The molecule has 13 nitrogen and oxygen atoms in total. The summed E-state index contributed by atoms with van der Waals surface area (Å²) in [6, 6.07) is 4.11. The molecule has 1 aliphatic heterocycles. The minimum atomic E-state index is -0.975. The molecule has 0 saturated carbocycles. The number of carbonyl (C=O) groups is 1. The number of halogens is 2. The van der Waals surface area contributed by atoms with E-state index in [1.165, 1.54) is 48.2 Å². The van der Waals surface area contributed by atoms with E-state index in [2.05, 4.69) is 4.98 Å². The molecule has 0 aliphatic carbocycles. The fourth-order valence-electron chi connectivity index (χ4n) is 5.04. The van der Waals surface area contributed by atoms with Crippen molar-refractivity contribution in [2.45, 2.75) is 45.4 Å². The smallest absolute Gasteiger partial charge is 0.410 e. The van der Waals surface area contributed by atoms with E-state index in [-0.39, 0.29) is 58.6 Å². The van der Waals surface area contributed by atoms with Crippen molar-refractivity contribution in [3.8, 4) is 17.0 Å². The second-order valence-corrected chi connectivity index (χ2v) is 11.5. The van der Waals surface area contributed by atoms with Crippen molar-refractivity contribution in [3.05, 3.63) is 55.6 Å². The van der Waals surface area contributed by atoms with E-state index in [1.54, 1.807) is 27.7 Å². The summed E-state index contributed by atoms with van der Waals surface area (Å²) >= 11 is 6.67. The molecule has 15 heteroatoms. The molecule has 0 bridgehead atoms. The van der Waals surface area contributed by atoms with E-state index in [9.17, 15) is 24.8 Å². The molecule has 232 valence electrons. The standard InChI is InChI=1S/C28H33ClFN5O8/c1-15-11-34(16(13-36)12-33(15)27(38)43-28(2,3)4)23-17-10-18(29)22(21-19(30)8-7-9-20(21)42-14-41-6)31-25(17)32(5)26(37)24(23)35(39)40/h7-10,15-16,36H,11-14H2,1-6H3/t15-,16-/m1/s1. The summed E-state index contributed by atoms with van der Waals surface area (Å²) in [6.07, 6.45) is -0.604. The van der Waals surface area contributed by atoms with Crippen molar-refractivity contribution >= 4 is 40.1 Å². The molecule has 3 heterocycles. The molecule has 4 rings (SSSR count). The highest BCUT2D eigenvalue weighted by Gasteiger charge is 2.41. The number of carbonyl (C=O) groups excluding carboxylic acids is 1. The first-order chi connectivity index (χ1) is 20.2. The van der Waals surface area contributed by atoms with Crippen molar-refractivity contribution < 1.29 is 33.4 Å². The summed E-state index contributed by atoms with van der Waals surface area (Å²) in [4.78, 5) is 45.4. The van der Waals surface area contributed by atoms with Gasteiger partial charge >= 0.3 is 17.3 Å². The van der Waals surface area contributed by atoms with Crippen LogP contribution in [0.5, 0.6) is 5.75 Å². The first-order valence-corrected chi connectivity index (χ1v) is 13.7. The largest absolute Gasteiger partial charge is 0.467 e. The third-order valence-corrected chi connectivity index (χ3v) is 7.24. The number of methoxy groups -OCH3 is 1. The Balaban J connectivity index is 1.94. The van der Waals surface area contributed by atoms with Crippen LogP contribution in [0.1, 0.15) is 27.7 Å². The Morgan fingerprint density at radius 2 is 2.00 bits per heavy atom. The maximum Gasteiger partial charge on any atom is 0.410 e. The van der Waals surface area contributed by atoms with Crippen LogP contribution in [0.25, 0.3) is 22.3 Å². The molecule has 1 N–H and O–H groups in total. The number of aryl methyl sites for hydroxylation is 1. The van der Waals surface area contributed by atoms with E-state index in [0.29, 0.717) is 0 Å². The number of aliphatic hydroxyl groups excluding tert-OH is 1. The van der Waals surface area contributed by atoms with E-state index in [0.717, 1.165) is 4.57 Å². The molecular formula is C28H33ClFN5O8. The lowest BCUT2D eigenvalue weighted by Crippen LogP contribution is -2.61. The lowest BCUT2D eigenvalue weighted by molar-refractivity contribution is -0.385. The summed E-state index contributed by atoms with van der Waals surface area (Å²) in [5.74, 6) is -0.628. The van der Waals surface area contributed by atoms with Gasteiger partial charge < -0.3 is 29.1 Å². The van der Waals surface area contributed by atoms with Gasteiger partial charge in [-0.25, -0.2) is 14.2 Å². The van der Waals surface area contributed by atoms with Crippen molar-refractivity contribution in [2.24, 2.45) is 7.05 Å². The monoisotopic (exact) mass is 621 g/mol. The highest BCUT2D eigenvalue weighted by molar-refractivity contribution is 6.34. The molecule has 2 atom stereocenters. The predicted octanol–water partition coefficient (Wildman–Crippen LogP) is 4.09. The first kappa shape index (κ1) is 31.9. The number of nitro groups is 1. The molecule has 1 fully saturated rings. The number of rotatable bonds is 7. The molecule has 0 spiro atoms. The molecule has 3 aromatic rings. The molecule has 1 aromatic carbocycles. The minimum Gasteiger partial charge on any atom is -0.467 e. The van der Waals surface area contributed by atoms with Crippen LogP contribution in [0, 0.1) is 15.9 Å². The van der Waals surface area contributed by atoms with Crippen LogP contribution in [0.4, 0.5) is 20.6 Å².